The molecule has 0 amide bonds. The predicted molar refractivity (Wildman–Crippen MR) is 479 cm³/mol. The van der Waals surface area contributed by atoms with Gasteiger partial charge in [0.1, 0.15) is 28.7 Å². The van der Waals surface area contributed by atoms with Gasteiger partial charge in [-0.3, -0.25) is 0 Å². The number of methoxy groups -OCH3 is 5. The standard InChI is InChI=1S/C21H30NO2P.C18H24NO2P.2C17H22NO2P.C16H20NO2P/c1-15-12-16(21(2,3)4)20(24-14-23-7)19(13-15)25-18-11-9-8-10-17(18)22(5)6;1-13-10-14(2)18(21-12-20-5)17(11-13)22-16-9-7-6-8-15(16)19(3)4;1-13-8-7-11-16(17(13)20-12-19-4)21-15-10-6-5-9-14(15)18(2)3;1-13-9-10-15(20-12-19-4)17(11-13)21-16-8-6-5-7-14(16)18(2)3;1-17(2)13-8-4-6-10-15(13)20-16-11-7-5-9-14(16)19-12-18-3/h8-13,25H,14H2,1-7H3;6-11,22H,12H2,1-5H3;2*5-11,21H,12H2,1-4H3;4-11,20H,12H2,1-3H3. The Bertz CT molecular complexity index is 4350. The molecule has 0 saturated carbocycles. The van der Waals surface area contributed by atoms with Crippen LogP contribution in [0, 0.1) is 34.6 Å². The van der Waals surface area contributed by atoms with E-state index in [1.807, 2.05) is 24.3 Å². The van der Waals surface area contributed by atoms with Gasteiger partial charge in [-0.25, -0.2) is 0 Å². The Morgan fingerprint density at radius 2 is 0.550 bits per heavy atom. The van der Waals surface area contributed by atoms with Crippen molar-refractivity contribution in [3.05, 3.63) is 240 Å². The number of ether oxygens (including phenoxy) is 10. The van der Waals surface area contributed by atoms with E-state index in [2.05, 4.69) is 332 Å². The third-order valence-corrected chi connectivity index (χ3v) is 23.3. The first-order valence-corrected chi connectivity index (χ1v) is 41.0. The lowest BCUT2D eigenvalue weighted by Crippen LogP contribution is -2.22. The number of benzene rings is 10. The Morgan fingerprint density at radius 1 is 0.257 bits per heavy atom. The van der Waals surface area contributed by atoms with E-state index in [4.69, 9.17) is 47.4 Å². The quantitative estimate of drug-likeness (QED) is 0.0315. The summed E-state index contributed by atoms with van der Waals surface area (Å²) in [6.45, 7) is 18.6. The van der Waals surface area contributed by atoms with Crippen LogP contribution < -0.4 is 101 Å². The first kappa shape index (κ1) is 90.0. The van der Waals surface area contributed by atoms with Gasteiger partial charge in [0, 0.05) is 193 Å². The monoisotopic (exact) mass is 1570 g/mol. The molecule has 0 aliphatic carbocycles. The summed E-state index contributed by atoms with van der Waals surface area (Å²) >= 11 is 0. The highest BCUT2D eigenvalue weighted by atomic mass is 31.1. The fourth-order valence-corrected chi connectivity index (χ4v) is 18.9. The van der Waals surface area contributed by atoms with Gasteiger partial charge >= 0.3 is 0 Å². The van der Waals surface area contributed by atoms with Crippen molar-refractivity contribution < 1.29 is 47.4 Å². The SMILES string of the molecule is COCOc1c(C)cc(C)cc1Pc1ccccc1N(C)C.COCOc1c(C)cccc1Pc1ccccc1N(C)C.COCOc1c(Pc2ccccc2N(C)C)cc(C)cc1C(C)(C)C.COCOc1ccc(C)cc1Pc1ccccc1N(C)C.COCOc1ccccc1Pc1ccccc1N(C)C. The van der Waals surface area contributed by atoms with Gasteiger partial charge in [-0.1, -0.05) is 215 Å². The van der Waals surface area contributed by atoms with Crippen LogP contribution in [-0.2, 0) is 29.1 Å². The maximum Gasteiger partial charge on any atom is 0.188 e. The normalized spacial score (nSPS) is 11.3. The molecule has 0 bridgehead atoms. The number of anilines is 5. The maximum absolute atomic E-state index is 6.04. The molecule has 10 aromatic rings. The topological polar surface area (TPSA) is 109 Å². The molecule has 584 valence electrons. The minimum Gasteiger partial charge on any atom is -0.467 e. The van der Waals surface area contributed by atoms with E-state index in [9.17, 15) is 0 Å². The van der Waals surface area contributed by atoms with Gasteiger partial charge < -0.3 is 71.9 Å². The van der Waals surface area contributed by atoms with E-state index in [-0.39, 0.29) is 39.4 Å². The largest absolute Gasteiger partial charge is 0.467 e. The van der Waals surface area contributed by atoms with Crippen LogP contribution in [-0.4, -0.2) is 140 Å². The average molecular weight is 1570 g/mol. The Labute approximate surface area is 661 Å². The molecule has 20 heteroatoms. The zero-order chi connectivity index (χ0) is 79.6. The first-order chi connectivity index (χ1) is 52.2. The van der Waals surface area contributed by atoms with Crippen LogP contribution in [0.3, 0.4) is 0 Å². The van der Waals surface area contributed by atoms with Crippen molar-refractivity contribution in [2.45, 2.75) is 60.8 Å². The van der Waals surface area contributed by atoms with Crippen molar-refractivity contribution >= 4 is 124 Å². The summed E-state index contributed by atoms with van der Waals surface area (Å²) in [6.07, 6.45) is 0. The van der Waals surface area contributed by atoms with Gasteiger partial charge in [0.25, 0.3) is 0 Å². The molecular formula is C89H118N5O10P5. The molecule has 0 spiro atoms. The van der Waals surface area contributed by atoms with Crippen LogP contribution >= 0.6 is 42.9 Å². The second kappa shape index (κ2) is 46.7. The molecule has 15 nitrogen and oxygen atoms in total. The second-order valence-electron chi connectivity index (χ2n) is 27.8. The molecule has 0 radical (unpaired) electrons. The minimum absolute atomic E-state index is 0.00932. The number of rotatable bonds is 30. The van der Waals surface area contributed by atoms with Crippen molar-refractivity contribution in [3.63, 3.8) is 0 Å². The molecule has 10 aromatic carbocycles. The van der Waals surface area contributed by atoms with Crippen molar-refractivity contribution in [2.75, 3.05) is 164 Å². The van der Waals surface area contributed by atoms with Crippen LogP contribution in [0.25, 0.3) is 0 Å². The highest BCUT2D eigenvalue weighted by Gasteiger charge is 2.24. The molecular weight excluding hydrogens is 1450 g/mol. The predicted octanol–water partition coefficient (Wildman–Crippen LogP) is 14.7. The van der Waals surface area contributed by atoms with E-state index in [1.54, 1.807) is 35.5 Å². The fraction of sp³-hybridized carbons (Fsp3) is 0.326. The molecule has 0 aromatic heterocycles. The summed E-state index contributed by atoms with van der Waals surface area (Å²) in [5, 5.41) is 12.7. The molecule has 10 rings (SSSR count). The molecule has 109 heavy (non-hydrogen) atoms. The van der Waals surface area contributed by atoms with Crippen molar-refractivity contribution in [1.82, 2.24) is 0 Å². The highest BCUT2D eigenvalue weighted by molar-refractivity contribution is 7.57. The summed E-state index contributed by atoms with van der Waals surface area (Å²) in [4.78, 5) is 10.8. The van der Waals surface area contributed by atoms with Crippen LogP contribution in [0.2, 0.25) is 0 Å². The van der Waals surface area contributed by atoms with E-state index >= 15 is 0 Å². The minimum atomic E-state index is 0.00932. The summed E-state index contributed by atoms with van der Waals surface area (Å²) in [5.74, 6) is 4.63. The fourth-order valence-electron chi connectivity index (χ4n) is 11.5. The van der Waals surface area contributed by atoms with Crippen LogP contribution in [0.1, 0.15) is 54.2 Å². The average Bonchev–Trinajstić information content (AvgIpc) is 0.795. The number of hydrogen-bond donors (Lipinski definition) is 0. The van der Waals surface area contributed by atoms with Gasteiger partial charge in [-0.05, 0) is 123 Å². The van der Waals surface area contributed by atoms with Crippen molar-refractivity contribution in [3.8, 4) is 28.7 Å². The lowest BCUT2D eigenvalue weighted by Gasteiger charge is -2.26. The zero-order valence-electron chi connectivity index (χ0n) is 68.5. The third kappa shape index (κ3) is 28.8. The lowest BCUT2D eigenvalue weighted by atomic mass is 9.85. The van der Waals surface area contributed by atoms with Crippen molar-refractivity contribution in [2.24, 2.45) is 0 Å². The molecule has 5 atom stereocenters. The van der Waals surface area contributed by atoms with Gasteiger partial charge in [-0.15, -0.1) is 0 Å². The molecule has 0 fully saturated rings. The zero-order valence-corrected chi connectivity index (χ0v) is 73.5. The summed E-state index contributed by atoms with van der Waals surface area (Å²) in [5.41, 5.74) is 13.5. The van der Waals surface area contributed by atoms with E-state index in [0.717, 1.165) is 39.9 Å². The Balaban J connectivity index is 0.000000213. The second-order valence-corrected chi connectivity index (χ2v) is 34.4. The van der Waals surface area contributed by atoms with E-state index in [0.29, 0.717) is 42.9 Å². The van der Waals surface area contributed by atoms with E-state index < -0.39 is 0 Å². The van der Waals surface area contributed by atoms with Gasteiger partial charge in [0.2, 0.25) is 0 Å². The van der Waals surface area contributed by atoms with Crippen molar-refractivity contribution in [1.29, 1.82) is 0 Å². The Hall–Kier alpha value is -7.85. The number of aryl methyl sites for hydroxylation is 5. The summed E-state index contributed by atoms with van der Waals surface area (Å²) in [6, 6.07) is 72.0. The Morgan fingerprint density at radius 3 is 0.945 bits per heavy atom. The molecule has 5 unspecified atom stereocenters. The number of para-hydroxylation sites is 7. The summed E-state index contributed by atoms with van der Waals surface area (Å²) < 4.78 is 54.2. The molecule has 0 N–H and O–H groups in total. The smallest absolute Gasteiger partial charge is 0.188 e. The number of hydrogen-bond acceptors (Lipinski definition) is 15. The molecule has 0 saturated heterocycles. The first-order valence-electron chi connectivity index (χ1n) is 36.0. The van der Waals surface area contributed by atoms with Crippen LogP contribution in [0.5, 0.6) is 28.7 Å². The van der Waals surface area contributed by atoms with Gasteiger partial charge in [0.05, 0.1) is 0 Å². The van der Waals surface area contributed by atoms with Gasteiger partial charge in [-0.2, -0.15) is 0 Å². The van der Waals surface area contributed by atoms with E-state index in [1.165, 1.54) is 104 Å². The molecule has 0 heterocycles. The third-order valence-electron chi connectivity index (χ3n) is 16.6. The number of nitrogens with zero attached hydrogens (tertiary/aromatic N) is 5. The van der Waals surface area contributed by atoms with Gasteiger partial charge in [0.15, 0.2) is 34.0 Å². The van der Waals surface area contributed by atoms with Crippen LogP contribution in [0.4, 0.5) is 28.4 Å². The Kier molecular flexibility index (Phi) is 38.6. The maximum atomic E-state index is 6.04. The summed E-state index contributed by atoms with van der Waals surface area (Å²) in [7, 11) is 31.7. The molecule has 0 aliphatic rings. The highest BCUT2D eigenvalue weighted by Crippen LogP contribution is 2.36. The lowest BCUT2D eigenvalue weighted by molar-refractivity contribution is 0.0505. The van der Waals surface area contributed by atoms with Crippen LogP contribution in [0.15, 0.2) is 206 Å². The molecule has 0 aliphatic heterocycles.